The highest BCUT2D eigenvalue weighted by molar-refractivity contribution is 9.10. The molecule has 1 fully saturated rings. The summed E-state index contributed by atoms with van der Waals surface area (Å²) in [7, 11) is 0. The van der Waals surface area contributed by atoms with E-state index >= 15 is 0 Å². The fourth-order valence-corrected chi connectivity index (χ4v) is 5.72. The zero-order valence-corrected chi connectivity index (χ0v) is 22.4. The second kappa shape index (κ2) is 11.9. The van der Waals surface area contributed by atoms with Crippen LogP contribution in [-0.2, 0) is 6.61 Å². The number of benzene rings is 3. The lowest BCUT2D eigenvalue weighted by Crippen LogP contribution is -2.08. The molecular weight excluding hydrogens is 534 g/mol. The standard InChI is InChI=1S/C29H28BrN3O2S/c30-24-15-11-23(12-16-24)27(34)20-36-29-32-31-28(33(29)25-9-5-2-6-10-25)19-35-26-17-13-22(14-18-26)21-7-3-1-4-8-21/h2,5-6,9-18,21H,1,3-4,7-8,19-20H2. The minimum absolute atomic E-state index is 0.0472. The lowest BCUT2D eigenvalue weighted by molar-refractivity contribution is 0.102. The monoisotopic (exact) mass is 561 g/mol. The van der Waals surface area contributed by atoms with Crippen LogP contribution < -0.4 is 4.74 Å². The third-order valence-corrected chi connectivity index (χ3v) is 8.00. The van der Waals surface area contributed by atoms with Crippen molar-refractivity contribution in [3.05, 3.63) is 100 Å². The second-order valence-corrected chi connectivity index (χ2v) is 10.8. The zero-order valence-electron chi connectivity index (χ0n) is 20.0. The highest BCUT2D eigenvalue weighted by atomic mass is 79.9. The van der Waals surface area contributed by atoms with Gasteiger partial charge in [-0.05, 0) is 60.7 Å². The Morgan fingerprint density at radius 2 is 1.64 bits per heavy atom. The van der Waals surface area contributed by atoms with Gasteiger partial charge in [-0.3, -0.25) is 9.36 Å². The summed E-state index contributed by atoms with van der Waals surface area (Å²) in [5.41, 5.74) is 3.02. The molecule has 0 saturated heterocycles. The average molecular weight is 563 g/mol. The lowest BCUT2D eigenvalue weighted by atomic mass is 9.84. The Balaban J connectivity index is 1.29. The third-order valence-electron chi connectivity index (χ3n) is 6.54. The van der Waals surface area contributed by atoms with Crippen LogP contribution in [0.25, 0.3) is 5.69 Å². The topological polar surface area (TPSA) is 57.0 Å². The van der Waals surface area contributed by atoms with Crippen LogP contribution in [0.1, 0.15) is 59.8 Å². The van der Waals surface area contributed by atoms with Gasteiger partial charge >= 0.3 is 0 Å². The fraction of sp³-hybridized carbons (Fsp3) is 0.276. The van der Waals surface area contributed by atoms with E-state index < -0.39 is 0 Å². The van der Waals surface area contributed by atoms with Crippen LogP contribution in [0.4, 0.5) is 0 Å². The van der Waals surface area contributed by atoms with E-state index in [4.69, 9.17) is 4.74 Å². The van der Waals surface area contributed by atoms with Crippen molar-refractivity contribution in [1.29, 1.82) is 0 Å². The van der Waals surface area contributed by atoms with Crippen LogP contribution in [0.5, 0.6) is 5.75 Å². The largest absolute Gasteiger partial charge is 0.486 e. The van der Waals surface area contributed by atoms with Crippen molar-refractivity contribution in [2.75, 3.05) is 5.75 Å². The molecule has 5 rings (SSSR count). The maximum Gasteiger partial charge on any atom is 0.196 e. The predicted molar refractivity (Wildman–Crippen MR) is 147 cm³/mol. The lowest BCUT2D eigenvalue weighted by Gasteiger charge is -2.22. The maximum absolute atomic E-state index is 12.7. The molecular formula is C29H28BrN3O2S. The molecule has 0 N–H and O–H groups in total. The molecule has 184 valence electrons. The number of hydrogen-bond acceptors (Lipinski definition) is 5. The molecule has 0 bridgehead atoms. The molecule has 1 aliphatic carbocycles. The number of thioether (sulfide) groups is 1. The third kappa shape index (κ3) is 6.08. The summed E-state index contributed by atoms with van der Waals surface area (Å²) in [4.78, 5) is 12.7. The van der Waals surface area contributed by atoms with Crippen molar-refractivity contribution in [2.45, 2.75) is 49.8 Å². The van der Waals surface area contributed by atoms with Gasteiger partial charge in [0.15, 0.2) is 16.8 Å². The molecule has 1 saturated carbocycles. The summed E-state index contributed by atoms with van der Waals surface area (Å²) in [6, 6.07) is 25.9. The Labute approximate surface area is 224 Å². The summed E-state index contributed by atoms with van der Waals surface area (Å²) in [5.74, 6) is 2.50. The van der Waals surface area contributed by atoms with Crippen LogP contribution in [-0.4, -0.2) is 26.3 Å². The number of ether oxygens (including phenoxy) is 1. The number of carbonyl (C=O) groups excluding carboxylic acids is 1. The Kier molecular flexibility index (Phi) is 8.18. The fourth-order valence-electron chi connectivity index (χ4n) is 4.59. The van der Waals surface area contributed by atoms with E-state index in [1.54, 1.807) is 0 Å². The van der Waals surface area contributed by atoms with Crippen LogP contribution >= 0.6 is 27.7 Å². The maximum atomic E-state index is 12.7. The first-order valence-electron chi connectivity index (χ1n) is 12.3. The van der Waals surface area contributed by atoms with E-state index in [1.165, 1.54) is 49.4 Å². The van der Waals surface area contributed by atoms with E-state index in [0.29, 0.717) is 22.5 Å². The first kappa shape index (κ1) is 24.8. The van der Waals surface area contributed by atoms with Gasteiger partial charge in [0.05, 0.1) is 5.75 Å². The minimum atomic E-state index is 0.0472. The van der Waals surface area contributed by atoms with Crippen LogP contribution in [0, 0.1) is 0 Å². The molecule has 3 aromatic carbocycles. The molecule has 0 spiro atoms. The number of hydrogen-bond donors (Lipinski definition) is 0. The van der Waals surface area contributed by atoms with Crippen molar-refractivity contribution >= 4 is 33.5 Å². The van der Waals surface area contributed by atoms with Crippen molar-refractivity contribution in [1.82, 2.24) is 14.8 Å². The summed E-state index contributed by atoms with van der Waals surface area (Å²) < 4.78 is 9.03. The van der Waals surface area contributed by atoms with Gasteiger partial charge in [-0.25, -0.2) is 0 Å². The van der Waals surface area contributed by atoms with Gasteiger partial charge in [0, 0.05) is 15.7 Å². The molecule has 0 atom stereocenters. The minimum Gasteiger partial charge on any atom is -0.486 e. The molecule has 7 heteroatoms. The molecule has 0 amide bonds. The van der Waals surface area contributed by atoms with Crippen LogP contribution in [0.15, 0.2) is 88.5 Å². The van der Waals surface area contributed by atoms with Crippen molar-refractivity contribution in [3.63, 3.8) is 0 Å². The number of para-hydroxylation sites is 1. The first-order valence-corrected chi connectivity index (χ1v) is 14.1. The number of nitrogens with zero attached hydrogens (tertiary/aromatic N) is 3. The molecule has 1 aliphatic rings. The Hall–Kier alpha value is -2.90. The normalized spacial score (nSPS) is 14.0. The number of halogens is 1. The zero-order chi connectivity index (χ0) is 24.7. The van der Waals surface area contributed by atoms with Gasteiger partial charge in [0.1, 0.15) is 12.4 Å². The number of ketones is 1. The number of aromatic nitrogens is 3. The van der Waals surface area contributed by atoms with Crippen molar-refractivity contribution in [2.24, 2.45) is 0 Å². The average Bonchev–Trinajstić information content (AvgIpc) is 3.35. The summed E-state index contributed by atoms with van der Waals surface area (Å²) >= 11 is 4.79. The number of Topliss-reactive ketones (excluding diaryl/α,β-unsaturated/α-hetero) is 1. The molecule has 1 aromatic heterocycles. The molecule has 0 radical (unpaired) electrons. The van der Waals surface area contributed by atoms with Gasteiger partial charge in [-0.2, -0.15) is 0 Å². The molecule has 1 heterocycles. The molecule has 0 unspecified atom stereocenters. The Morgan fingerprint density at radius 3 is 2.36 bits per heavy atom. The van der Waals surface area contributed by atoms with Gasteiger partial charge in [0.25, 0.3) is 0 Å². The Bertz CT molecular complexity index is 1280. The van der Waals surface area contributed by atoms with Crippen molar-refractivity contribution in [3.8, 4) is 11.4 Å². The van der Waals surface area contributed by atoms with E-state index in [2.05, 4.69) is 50.4 Å². The van der Waals surface area contributed by atoms with Crippen LogP contribution in [0.3, 0.4) is 0 Å². The summed E-state index contributed by atoms with van der Waals surface area (Å²) in [5, 5.41) is 9.47. The van der Waals surface area contributed by atoms with Crippen LogP contribution in [0.2, 0.25) is 0 Å². The van der Waals surface area contributed by atoms with E-state index in [-0.39, 0.29) is 18.1 Å². The first-order chi connectivity index (χ1) is 17.7. The van der Waals surface area contributed by atoms with Gasteiger partial charge in [-0.15, -0.1) is 10.2 Å². The second-order valence-electron chi connectivity index (χ2n) is 8.98. The Morgan fingerprint density at radius 1 is 0.917 bits per heavy atom. The van der Waals surface area contributed by atoms with Gasteiger partial charge in [0.2, 0.25) is 0 Å². The van der Waals surface area contributed by atoms with E-state index in [1.807, 2.05) is 59.2 Å². The predicted octanol–water partition coefficient (Wildman–Crippen LogP) is 7.63. The molecule has 5 nitrogen and oxygen atoms in total. The summed E-state index contributed by atoms with van der Waals surface area (Å²) in [6.45, 7) is 0.284. The number of carbonyl (C=O) groups is 1. The van der Waals surface area contributed by atoms with E-state index in [0.717, 1.165) is 15.9 Å². The quantitative estimate of drug-likeness (QED) is 0.155. The summed E-state index contributed by atoms with van der Waals surface area (Å²) in [6.07, 6.45) is 6.58. The highest BCUT2D eigenvalue weighted by Crippen LogP contribution is 2.33. The van der Waals surface area contributed by atoms with Gasteiger partial charge < -0.3 is 4.74 Å². The number of rotatable bonds is 9. The van der Waals surface area contributed by atoms with Crippen molar-refractivity contribution < 1.29 is 9.53 Å². The molecule has 4 aromatic rings. The highest BCUT2D eigenvalue weighted by Gasteiger charge is 2.18. The molecule has 0 aliphatic heterocycles. The van der Waals surface area contributed by atoms with E-state index in [9.17, 15) is 4.79 Å². The SMILES string of the molecule is O=C(CSc1nnc(COc2ccc(C3CCCCC3)cc2)n1-c1ccccc1)c1ccc(Br)cc1. The van der Waals surface area contributed by atoms with Gasteiger partial charge in [-0.1, -0.05) is 89.4 Å². The smallest absolute Gasteiger partial charge is 0.196 e. The molecule has 36 heavy (non-hydrogen) atoms.